The van der Waals surface area contributed by atoms with Gasteiger partial charge in [0.25, 0.3) is 0 Å². The number of likely N-dealkylation sites (tertiary alicyclic amines) is 1. The summed E-state index contributed by atoms with van der Waals surface area (Å²) in [5, 5.41) is 0. The molecule has 3 rings (SSSR count). The number of hydrogen-bond donors (Lipinski definition) is 0. The molecule has 1 fully saturated rings. The van der Waals surface area contributed by atoms with Crippen molar-refractivity contribution in [2.45, 2.75) is 71.5 Å². The van der Waals surface area contributed by atoms with Gasteiger partial charge in [-0.05, 0) is 51.8 Å². The maximum atomic E-state index is 4.89. The first-order valence-corrected chi connectivity index (χ1v) is 8.76. The highest BCUT2D eigenvalue weighted by Crippen LogP contribution is 2.24. The standard InChI is InChI=1S/C18H28N4/c1-4-11-22-17(20-16-9-7-10-19-18(16)22)13-15-8-5-6-12-21(15)14(2)3/h7,9-10,14-15H,4-6,8,11-13H2,1-3H3. The van der Waals surface area contributed by atoms with Crippen LogP contribution in [0, 0.1) is 0 Å². The number of hydrogen-bond acceptors (Lipinski definition) is 3. The fourth-order valence-electron chi connectivity index (χ4n) is 3.75. The van der Waals surface area contributed by atoms with Crippen LogP contribution in [0.5, 0.6) is 0 Å². The van der Waals surface area contributed by atoms with Gasteiger partial charge in [0, 0.05) is 31.2 Å². The predicted octanol–water partition coefficient (Wildman–Crippen LogP) is 3.65. The molecule has 4 heteroatoms. The summed E-state index contributed by atoms with van der Waals surface area (Å²) >= 11 is 0. The van der Waals surface area contributed by atoms with Crippen LogP contribution in [0.3, 0.4) is 0 Å². The van der Waals surface area contributed by atoms with E-state index in [4.69, 9.17) is 4.98 Å². The van der Waals surface area contributed by atoms with Gasteiger partial charge in [0.2, 0.25) is 0 Å². The molecule has 4 nitrogen and oxygen atoms in total. The summed E-state index contributed by atoms with van der Waals surface area (Å²) in [7, 11) is 0. The number of fused-ring (bicyclic) bond motifs is 1. The number of pyridine rings is 1. The third-order valence-electron chi connectivity index (χ3n) is 4.78. The maximum absolute atomic E-state index is 4.89. The molecule has 1 aliphatic heterocycles. The number of rotatable bonds is 5. The average Bonchev–Trinajstić information content (AvgIpc) is 2.86. The molecule has 2 aromatic rings. The van der Waals surface area contributed by atoms with Gasteiger partial charge in [-0.3, -0.25) is 4.90 Å². The van der Waals surface area contributed by atoms with Crippen LogP contribution in [0.2, 0.25) is 0 Å². The summed E-state index contributed by atoms with van der Waals surface area (Å²) in [6, 6.07) is 5.31. The van der Waals surface area contributed by atoms with Crippen molar-refractivity contribution in [1.82, 2.24) is 19.4 Å². The molecular weight excluding hydrogens is 272 g/mol. The van der Waals surface area contributed by atoms with Crippen molar-refractivity contribution in [2.75, 3.05) is 6.54 Å². The van der Waals surface area contributed by atoms with Crippen molar-refractivity contribution >= 4 is 11.2 Å². The Kier molecular flexibility index (Phi) is 4.77. The zero-order valence-corrected chi connectivity index (χ0v) is 14.1. The second-order valence-electron chi connectivity index (χ2n) is 6.71. The Balaban J connectivity index is 1.90. The summed E-state index contributed by atoms with van der Waals surface area (Å²) in [4.78, 5) is 12.1. The molecule has 0 saturated carbocycles. The Bertz CT molecular complexity index is 617. The molecule has 0 amide bonds. The predicted molar refractivity (Wildman–Crippen MR) is 91.0 cm³/mol. The van der Waals surface area contributed by atoms with E-state index >= 15 is 0 Å². The highest BCUT2D eigenvalue weighted by Gasteiger charge is 2.26. The molecule has 2 aromatic heterocycles. The summed E-state index contributed by atoms with van der Waals surface area (Å²) in [6.45, 7) is 9.09. The number of nitrogens with zero attached hydrogens (tertiary/aromatic N) is 4. The Morgan fingerprint density at radius 3 is 2.95 bits per heavy atom. The van der Waals surface area contributed by atoms with Gasteiger partial charge in [-0.2, -0.15) is 0 Å². The van der Waals surface area contributed by atoms with Gasteiger partial charge in [0.05, 0.1) is 0 Å². The van der Waals surface area contributed by atoms with Gasteiger partial charge < -0.3 is 4.57 Å². The molecule has 22 heavy (non-hydrogen) atoms. The van der Waals surface area contributed by atoms with E-state index in [1.807, 2.05) is 12.3 Å². The first-order chi connectivity index (χ1) is 10.7. The van der Waals surface area contributed by atoms with Gasteiger partial charge in [0.1, 0.15) is 11.3 Å². The lowest BCUT2D eigenvalue weighted by Crippen LogP contribution is -2.45. The molecule has 1 saturated heterocycles. The van der Waals surface area contributed by atoms with Crippen LogP contribution < -0.4 is 0 Å². The molecule has 0 aromatic carbocycles. The lowest BCUT2D eigenvalue weighted by Gasteiger charge is -2.38. The van der Waals surface area contributed by atoms with Crippen molar-refractivity contribution in [3.8, 4) is 0 Å². The zero-order valence-electron chi connectivity index (χ0n) is 14.1. The molecular formula is C18H28N4. The lowest BCUT2D eigenvalue weighted by molar-refractivity contribution is 0.109. The molecule has 0 radical (unpaired) electrons. The number of piperidine rings is 1. The van der Waals surface area contributed by atoms with Crippen molar-refractivity contribution < 1.29 is 0 Å². The van der Waals surface area contributed by atoms with E-state index in [9.17, 15) is 0 Å². The SMILES string of the molecule is CCCn1c(CC2CCCCN2C(C)C)nc2cccnc21. The molecule has 3 heterocycles. The van der Waals surface area contributed by atoms with Gasteiger partial charge >= 0.3 is 0 Å². The van der Waals surface area contributed by atoms with Crippen molar-refractivity contribution in [3.63, 3.8) is 0 Å². The molecule has 0 N–H and O–H groups in total. The van der Waals surface area contributed by atoms with E-state index in [0.717, 1.165) is 30.6 Å². The van der Waals surface area contributed by atoms with Gasteiger partial charge in [0.15, 0.2) is 5.65 Å². The second-order valence-corrected chi connectivity index (χ2v) is 6.71. The number of imidazole rings is 1. The Morgan fingerprint density at radius 2 is 2.18 bits per heavy atom. The molecule has 1 atom stereocenters. The largest absolute Gasteiger partial charge is 0.313 e. The second kappa shape index (κ2) is 6.78. The number of aromatic nitrogens is 3. The van der Waals surface area contributed by atoms with E-state index in [-0.39, 0.29) is 0 Å². The Hall–Kier alpha value is -1.42. The Labute approximate surface area is 133 Å². The van der Waals surface area contributed by atoms with Crippen molar-refractivity contribution in [2.24, 2.45) is 0 Å². The van der Waals surface area contributed by atoms with Crippen LogP contribution >= 0.6 is 0 Å². The minimum absolute atomic E-state index is 0.618. The fraction of sp³-hybridized carbons (Fsp3) is 0.667. The minimum Gasteiger partial charge on any atom is -0.313 e. The lowest BCUT2D eigenvalue weighted by atomic mass is 9.97. The number of aryl methyl sites for hydroxylation is 1. The molecule has 120 valence electrons. The third kappa shape index (κ3) is 3.02. The summed E-state index contributed by atoms with van der Waals surface area (Å²) in [5.74, 6) is 1.22. The highest BCUT2D eigenvalue weighted by molar-refractivity contribution is 5.71. The van der Waals surface area contributed by atoms with E-state index in [1.165, 1.54) is 31.6 Å². The van der Waals surface area contributed by atoms with E-state index in [0.29, 0.717) is 12.1 Å². The third-order valence-corrected chi connectivity index (χ3v) is 4.78. The first kappa shape index (κ1) is 15.5. The molecule has 0 aliphatic carbocycles. The normalized spacial score (nSPS) is 20.1. The summed E-state index contributed by atoms with van der Waals surface area (Å²) in [5.41, 5.74) is 2.09. The van der Waals surface area contributed by atoms with E-state index in [1.54, 1.807) is 0 Å². The topological polar surface area (TPSA) is 34.0 Å². The van der Waals surface area contributed by atoms with Crippen molar-refractivity contribution in [3.05, 3.63) is 24.2 Å². The summed E-state index contributed by atoms with van der Waals surface area (Å²) in [6.07, 6.45) is 8.02. The monoisotopic (exact) mass is 300 g/mol. The van der Waals surface area contributed by atoms with Gasteiger partial charge in [-0.25, -0.2) is 9.97 Å². The smallest absolute Gasteiger partial charge is 0.159 e. The molecule has 0 bridgehead atoms. The quantitative estimate of drug-likeness (QED) is 0.845. The van der Waals surface area contributed by atoms with E-state index in [2.05, 4.69) is 41.3 Å². The molecule has 1 aliphatic rings. The van der Waals surface area contributed by atoms with Crippen LogP contribution in [0.25, 0.3) is 11.2 Å². The average molecular weight is 300 g/mol. The molecule has 0 spiro atoms. The fourth-order valence-corrected chi connectivity index (χ4v) is 3.75. The first-order valence-electron chi connectivity index (χ1n) is 8.76. The minimum atomic E-state index is 0.618. The van der Waals surface area contributed by atoms with Crippen LogP contribution in [0.15, 0.2) is 18.3 Å². The molecule has 1 unspecified atom stereocenters. The van der Waals surface area contributed by atoms with Gasteiger partial charge in [-0.15, -0.1) is 0 Å². The van der Waals surface area contributed by atoms with E-state index < -0.39 is 0 Å². The van der Waals surface area contributed by atoms with Crippen LogP contribution in [0.4, 0.5) is 0 Å². The Morgan fingerprint density at radius 1 is 1.32 bits per heavy atom. The van der Waals surface area contributed by atoms with Crippen LogP contribution in [-0.4, -0.2) is 38.1 Å². The summed E-state index contributed by atoms with van der Waals surface area (Å²) < 4.78 is 2.34. The zero-order chi connectivity index (χ0) is 15.5. The van der Waals surface area contributed by atoms with Gasteiger partial charge in [-0.1, -0.05) is 13.3 Å². The maximum Gasteiger partial charge on any atom is 0.159 e. The van der Waals surface area contributed by atoms with Crippen LogP contribution in [0.1, 0.15) is 52.3 Å². The van der Waals surface area contributed by atoms with Crippen molar-refractivity contribution in [1.29, 1.82) is 0 Å². The highest BCUT2D eigenvalue weighted by atomic mass is 15.2. The van der Waals surface area contributed by atoms with Crippen LogP contribution in [-0.2, 0) is 13.0 Å².